The molecule has 1 aliphatic heterocycles. The average molecular weight is 403 g/mol. The molecule has 0 radical (unpaired) electrons. The molecule has 1 saturated heterocycles. The number of pyridine rings is 1. The highest BCUT2D eigenvalue weighted by Gasteiger charge is 2.29. The molecule has 2 fully saturated rings. The molecule has 1 saturated carbocycles. The van der Waals surface area contributed by atoms with E-state index in [9.17, 15) is 4.79 Å². The van der Waals surface area contributed by atoms with Crippen molar-refractivity contribution in [3.8, 4) is 5.88 Å². The van der Waals surface area contributed by atoms with E-state index in [1.165, 1.54) is 0 Å². The largest absolute Gasteiger partial charge is 0.471 e. The molecule has 0 amide bonds. The lowest BCUT2D eigenvalue weighted by Gasteiger charge is -2.14. The van der Waals surface area contributed by atoms with Gasteiger partial charge in [-0.2, -0.15) is 4.98 Å². The molecule has 1 aromatic carbocycles. The number of aromatic nitrogens is 5. The van der Waals surface area contributed by atoms with E-state index in [4.69, 9.17) is 19.4 Å². The van der Waals surface area contributed by atoms with Crippen LogP contribution in [-0.4, -0.2) is 43.4 Å². The van der Waals surface area contributed by atoms with E-state index in [1.807, 2.05) is 34.9 Å². The number of rotatable bonds is 5. The van der Waals surface area contributed by atoms with E-state index >= 15 is 0 Å². The molecule has 1 unspecified atom stereocenters. The van der Waals surface area contributed by atoms with Gasteiger partial charge < -0.3 is 9.47 Å². The molecule has 30 heavy (non-hydrogen) atoms. The van der Waals surface area contributed by atoms with Crippen molar-refractivity contribution in [2.75, 3.05) is 13.2 Å². The van der Waals surface area contributed by atoms with Crippen LogP contribution < -0.4 is 10.4 Å². The van der Waals surface area contributed by atoms with Crippen LogP contribution in [0.5, 0.6) is 5.88 Å². The van der Waals surface area contributed by atoms with Crippen molar-refractivity contribution < 1.29 is 9.47 Å². The third kappa shape index (κ3) is 2.95. The van der Waals surface area contributed by atoms with Crippen LogP contribution in [0.2, 0.25) is 0 Å². The van der Waals surface area contributed by atoms with E-state index in [1.54, 1.807) is 17.0 Å². The van der Waals surface area contributed by atoms with Crippen molar-refractivity contribution >= 4 is 21.9 Å². The molecule has 2 aliphatic rings. The first kappa shape index (κ1) is 17.6. The maximum atomic E-state index is 13.2. The Hall–Kier alpha value is -3.26. The van der Waals surface area contributed by atoms with Crippen molar-refractivity contribution in [3.63, 3.8) is 0 Å². The number of ether oxygens (including phenoxy) is 2. The quantitative estimate of drug-likeness (QED) is 0.509. The Balaban J connectivity index is 1.45. The lowest BCUT2D eigenvalue weighted by molar-refractivity contribution is 0.139. The molecule has 4 aromatic rings. The first-order valence-corrected chi connectivity index (χ1v) is 10.3. The van der Waals surface area contributed by atoms with E-state index in [0.717, 1.165) is 41.2 Å². The van der Waals surface area contributed by atoms with Gasteiger partial charge >= 0.3 is 5.69 Å². The topological polar surface area (TPSA) is 84.1 Å². The van der Waals surface area contributed by atoms with Crippen LogP contribution in [0.4, 0.5) is 0 Å². The van der Waals surface area contributed by atoms with Gasteiger partial charge in [0.2, 0.25) is 5.88 Å². The highest BCUT2D eigenvalue weighted by Crippen LogP contribution is 2.36. The second-order valence-electron chi connectivity index (χ2n) is 7.90. The summed E-state index contributed by atoms with van der Waals surface area (Å²) in [4.78, 5) is 26.8. The molecular weight excluding hydrogens is 382 g/mol. The molecule has 1 atom stereocenters. The van der Waals surface area contributed by atoms with Gasteiger partial charge in [-0.15, -0.1) is 0 Å². The zero-order valence-electron chi connectivity index (χ0n) is 16.4. The predicted octanol–water partition coefficient (Wildman–Crippen LogP) is 2.69. The average Bonchev–Trinajstić information content (AvgIpc) is 3.39. The summed E-state index contributed by atoms with van der Waals surface area (Å²) in [7, 11) is 0. The van der Waals surface area contributed by atoms with Crippen LogP contribution in [0.1, 0.15) is 31.1 Å². The van der Waals surface area contributed by atoms with Gasteiger partial charge in [-0.25, -0.2) is 9.78 Å². The molecule has 0 bridgehead atoms. The maximum Gasteiger partial charge on any atom is 0.329 e. The lowest BCUT2D eigenvalue weighted by Crippen LogP contribution is -2.25. The number of benzene rings is 1. The van der Waals surface area contributed by atoms with Crippen molar-refractivity contribution in [2.45, 2.75) is 38.0 Å². The Labute approximate surface area is 172 Å². The van der Waals surface area contributed by atoms with Gasteiger partial charge in [-0.3, -0.25) is 14.1 Å². The normalized spacial score (nSPS) is 19.0. The van der Waals surface area contributed by atoms with E-state index in [0.29, 0.717) is 24.9 Å². The Morgan fingerprint density at radius 3 is 2.83 bits per heavy atom. The SMILES string of the molecule is O=c1n(Cc2nc(OC3CCOC3)c3ccccc3n2)c2cnccc2n1C1CC1. The van der Waals surface area contributed by atoms with Crippen molar-refractivity contribution in [1.82, 2.24) is 24.1 Å². The molecule has 0 N–H and O–H groups in total. The number of imidazole rings is 1. The second-order valence-corrected chi connectivity index (χ2v) is 7.90. The number of nitrogens with zero attached hydrogens (tertiary/aromatic N) is 5. The van der Waals surface area contributed by atoms with Crippen LogP contribution >= 0.6 is 0 Å². The molecule has 4 heterocycles. The Kier molecular flexibility index (Phi) is 4.05. The fourth-order valence-corrected chi connectivity index (χ4v) is 4.12. The summed E-state index contributed by atoms with van der Waals surface area (Å²) in [5, 5.41) is 0.863. The highest BCUT2D eigenvalue weighted by atomic mass is 16.5. The number of hydrogen-bond acceptors (Lipinski definition) is 6. The fraction of sp³-hybridized carbons (Fsp3) is 0.364. The first-order valence-electron chi connectivity index (χ1n) is 10.3. The monoisotopic (exact) mass is 403 g/mol. The number of hydrogen-bond donors (Lipinski definition) is 0. The molecule has 6 rings (SSSR count). The van der Waals surface area contributed by atoms with Gasteiger partial charge in [0.1, 0.15) is 6.10 Å². The van der Waals surface area contributed by atoms with Crippen molar-refractivity contribution in [3.05, 3.63) is 59.0 Å². The summed E-state index contributed by atoms with van der Waals surface area (Å²) in [5.74, 6) is 1.09. The maximum absolute atomic E-state index is 13.2. The molecule has 0 spiro atoms. The van der Waals surface area contributed by atoms with Crippen LogP contribution in [0.15, 0.2) is 47.5 Å². The van der Waals surface area contributed by atoms with Crippen LogP contribution in [0.3, 0.4) is 0 Å². The van der Waals surface area contributed by atoms with Crippen LogP contribution in [-0.2, 0) is 11.3 Å². The van der Waals surface area contributed by atoms with Gasteiger partial charge in [0.05, 0.1) is 47.9 Å². The van der Waals surface area contributed by atoms with Crippen molar-refractivity contribution in [1.29, 1.82) is 0 Å². The summed E-state index contributed by atoms with van der Waals surface area (Å²) < 4.78 is 15.2. The van der Waals surface area contributed by atoms with Crippen molar-refractivity contribution in [2.24, 2.45) is 0 Å². The van der Waals surface area contributed by atoms with Crippen LogP contribution in [0.25, 0.3) is 21.9 Å². The van der Waals surface area contributed by atoms with Gasteiger partial charge in [0.25, 0.3) is 0 Å². The zero-order chi connectivity index (χ0) is 20.1. The van der Waals surface area contributed by atoms with Gasteiger partial charge in [-0.05, 0) is 31.0 Å². The molecule has 3 aromatic heterocycles. The number of fused-ring (bicyclic) bond motifs is 2. The van der Waals surface area contributed by atoms with Gasteiger partial charge in [0.15, 0.2) is 5.82 Å². The summed E-state index contributed by atoms with van der Waals surface area (Å²) in [6.45, 7) is 1.53. The Bertz CT molecular complexity index is 1300. The molecule has 1 aliphatic carbocycles. The zero-order valence-corrected chi connectivity index (χ0v) is 16.4. The highest BCUT2D eigenvalue weighted by molar-refractivity contribution is 5.83. The summed E-state index contributed by atoms with van der Waals surface area (Å²) in [6, 6.07) is 9.97. The second kappa shape index (κ2) is 6.91. The standard InChI is InChI=1S/C22H21N5O3/c28-22-26(19-11-23-9-7-18(19)27(22)14-5-6-14)12-20-24-17-4-2-1-3-16(17)21(25-20)30-15-8-10-29-13-15/h1-4,7,9,11,14-15H,5-6,8,10,12-13H2. The molecular formula is C22H21N5O3. The minimum absolute atomic E-state index is 0.0140. The number of para-hydroxylation sites is 1. The fourth-order valence-electron chi connectivity index (χ4n) is 4.12. The molecule has 152 valence electrons. The third-order valence-electron chi connectivity index (χ3n) is 5.76. The predicted molar refractivity (Wildman–Crippen MR) is 111 cm³/mol. The Morgan fingerprint density at radius 2 is 2.00 bits per heavy atom. The summed E-state index contributed by atoms with van der Waals surface area (Å²) >= 11 is 0. The lowest BCUT2D eigenvalue weighted by atomic mass is 10.2. The third-order valence-corrected chi connectivity index (χ3v) is 5.76. The van der Waals surface area contributed by atoms with Gasteiger partial charge in [0, 0.05) is 18.7 Å². The minimum Gasteiger partial charge on any atom is -0.471 e. The van der Waals surface area contributed by atoms with Crippen LogP contribution in [0, 0.1) is 0 Å². The summed E-state index contributed by atoms with van der Waals surface area (Å²) in [6.07, 6.45) is 6.37. The smallest absolute Gasteiger partial charge is 0.329 e. The first-order chi connectivity index (χ1) is 14.8. The molecule has 8 heteroatoms. The van der Waals surface area contributed by atoms with E-state index in [-0.39, 0.29) is 24.4 Å². The Morgan fingerprint density at radius 1 is 1.10 bits per heavy atom. The van der Waals surface area contributed by atoms with Gasteiger partial charge in [-0.1, -0.05) is 12.1 Å². The summed E-state index contributed by atoms with van der Waals surface area (Å²) in [5.41, 5.74) is 2.48. The molecule has 8 nitrogen and oxygen atoms in total. The van der Waals surface area contributed by atoms with E-state index in [2.05, 4.69) is 4.98 Å². The minimum atomic E-state index is -0.0380. The van der Waals surface area contributed by atoms with E-state index < -0.39 is 0 Å².